The summed E-state index contributed by atoms with van der Waals surface area (Å²) in [5.74, 6) is -0.0768. The first-order valence-electron chi connectivity index (χ1n) is 9.16. The molecule has 0 radical (unpaired) electrons. The van der Waals surface area contributed by atoms with Crippen LogP contribution < -0.4 is 5.32 Å². The first-order valence-corrected chi connectivity index (χ1v) is 9.16. The SMILES string of the molecule is Cc1c(C(=O)NCCCn2ccc3ccccc32)cnn1-c1ccccc1. The Hall–Kier alpha value is -3.34. The third-order valence-corrected chi connectivity index (χ3v) is 4.80. The van der Waals surface area contributed by atoms with Crippen LogP contribution in [0.3, 0.4) is 0 Å². The van der Waals surface area contributed by atoms with Gasteiger partial charge >= 0.3 is 0 Å². The molecule has 0 unspecified atom stereocenters. The minimum Gasteiger partial charge on any atom is -0.352 e. The number of fused-ring (bicyclic) bond motifs is 1. The molecule has 0 aliphatic rings. The predicted octanol–water partition coefficient (Wildman–Crippen LogP) is 3.96. The molecule has 1 N–H and O–H groups in total. The summed E-state index contributed by atoms with van der Waals surface area (Å²) in [5, 5.41) is 8.61. The molecule has 2 aromatic carbocycles. The standard InChI is InChI=1S/C22H22N4O/c1-17-20(16-24-26(17)19-9-3-2-4-10-19)22(27)23-13-7-14-25-15-12-18-8-5-6-11-21(18)25/h2-6,8-12,15-16H,7,13-14H2,1H3,(H,23,27). The number of benzene rings is 2. The summed E-state index contributed by atoms with van der Waals surface area (Å²) in [6.07, 6.45) is 4.61. The summed E-state index contributed by atoms with van der Waals surface area (Å²) in [4.78, 5) is 12.5. The second kappa shape index (κ2) is 7.50. The fraction of sp³-hybridized carbons (Fsp3) is 0.182. The molecule has 0 saturated carbocycles. The smallest absolute Gasteiger partial charge is 0.254 e. The zero-order valence-corrected chi connectivity index (χ0v) is 15.3. The lowest BCUT2D eigenvalue weighted by Gasteiger charge is -2.08. The average molecular weight is 358 g/mol. The van der Waals surface area contributed by atoms with Gasteiger partial charge in [0.2, 0.25) is 0 Å². The molecular formula is C22H22N4O. The fourth-order valence-corrected chi connectivity index (χ4v) is 3.34. The predicted molar refractivity (Wildman–Crippen MR) is 107 cm³/mol. The quantitative estimate of drug-likeness (QED) is 0.531. The maximum absolute atomic E-state index is 12.5. The highest BCUT2D eigenvalue weighted by atomic mass is 16.1. The van der Waals surface area contributed by atoms with Gasteiger partial charge in [-0.3, -0.25) is 4.79 Å². The van der Waals surface area contributed by atoms with Gasteiger partial charge in [-0.2, -0.15) is 5.10 Å². The zero-order valence-electron chi connectivity index (χ0n) is 15.3. The largest absolute Gasteiger partial charge is 0.352 e. The molecule has 5 heteroatoms. The third-order valence-electron chi connectivity index (χ3n) is 4.80. The number of para-hydroxylation sites is 2. The van der Waals surface area contributed by atoms with E-state index in [1.807, 2.05) is 49.4 Å². The van der Waals surface area contributed by atoms with E-state index in [9.17, 15) is 4.79 Å². The van der Waals surface area contributed by atoms with Gasteiger partial charge in [0, 0.05) is 24.8 Å². The molecule has 0 saturated heterocycles. The maximum atomic E-state index is 12.5. The number of carbonyl (C=O) groups is 1. The van der Waals surface area contributed by atoms with Gasteiger partial charge in [-0.05, 0) is 43.0 Å². The van der Waals surface area contributed by atoms with Gasteiger partial charge in [-0.1, -0.05) is 36.4 Å². The molecule has 2 aromatic heterocycles. The minimum atomic E-state index is -0.0768. The Labute approximate surface area is 158 Å². The summed E-state index contributed by atoms with van der Waals surface area (Å²) in [6, 6.07) is 20.3. The topological polar surface area (TPSA) is 51.9 Å². The second-order valence-corrected chi connectivity index (χ2v) is 6.57. The van der Waals surface area contributed by atoms with Gasteiger partial charge in [0.05, 0.1) is 23.1 Å². The maximum Gasteiger partial charge on any atom is 0.254 e. The van der Waals surface area contributed by atoms with E-state index in [1.54, 1.807) is 10.9 Å². The molecule has 0 fully saturated rings. The fourth-order valence-electron chi connectivity index (χ4n) is 3.34. The van der Waals surface area contributed by atoms with Gasteiger partial charge < -0.3 is 9.88 Å². The Balaban J connectivity index is 1.35. The third kappa shape index (κ3) is 3.49. The Morgan fingerprint density at radius 3 is 2.67 bits per heavy atom. The van der Waals surface area contributed by atoms with E-state index in [1.165, 1.54) is 10.9 Å². The molecule has 2 heterocycles. The molecular weight excluding hydrogens is 336 g/mol. The van der Waals surface area contributed by atoms with Crippen molar-refractivity contribution in [2.45, 2.75) is 19.9 Å². The summed E-state index contributed by atoms with van der Waals surface area (Å²) >= 11 is 0. The van der Waals surface area contributed by atoms with Crippen molar-refractivity contribution in [3.63, 3.8) is 0 Å². The van der Waals surface area contributed by atoms with E-state index >= 15 is 0 Å². The van der Waals surface area contributed by atoms with Crippen LogP contribution in [0, 0.1) is 6.92 Å². The van der Waals surface area contributed by atoms with Crippen molar-refractivity contribution in [3.8, 4) is 5.69 Å². The molecule has 0 aliphatic carbocycles. The molecule has 4 rings (SSSR count). The molecule has 0 spiro atoms. The molecule has 27 heavy (non-hydrogen) atoms. The van der Waals surface area contributed by atoms with Gasteiger partial charge in [-0.25, -0.2) is 4.68 Å². The number of amides is 1. The summed E-state index contributed by atoms with van der Waals surface area (Å²) in [7, 11) is 0. The zero-order chi connectivity index (χ0) is 18.6. The van der Waals surface area contributed by atoms with Crippen molar-refractivity contribution in [2.75, 3.05) is 6.54 Å². The van der Waals surface area contributed by atoms with Crippen molar-refractivity contribution < 1.29 is 4.79 Å². The van der Waals surface area contributed by atoms with Crippen LogP contribution in [0.1, 0.15) is 22.5 Å². The Morgan fingerprint density at radius 2 is 1.81 bits per heavy atom. The Morgan fingerprint density at radius 1 is 1.04 bits per heavy atom. The number of hydrogen-bond acceptors (Lipinski definition) is 2. The van der Waals surface area contributed by atoms with Crippen LogP contribution in [0.4, 0.5) is 0 Å². The summed E-state index contributed by atoms with van der Waals surface area (Å²) in [5.41, 5.74) is 3.64. The van der Waals surface area contributed by atoms with Crippen molar-refractivity contribution in [2.24, 2.45) is 0 Å². The molecule has 4 aromatic rings. The molecule has 0 atom stereocenters. The van der Waals surface area contributed by atoms with Gasteiger partial charge in [-0.15, -0.1) is 0 Å². The van der Waals surface area contributed by atoms with Gasteiger partial charge in [0.15, 0.2) is 0 Å². The minimum absolute atomic E-state index is 0.0768. The number of hydrogen-bond donors (Lipinski definition) is 1. The molecule has 0 bridgehead atoms. The Bertz CT molecular complexity index is 1060. The first-order chi connectivity index (χ1) is 13.2. The molecule has 1 amide bonds. The highest BCUT2D eigenvalue weighted by Gasteiger charge is 2.14. The Kier molecular flexibility index (Phi) is 4.75. The lowest BCUT2D eigenvalue weighted by Crippen LogP contribution is -2.25. The monoisotopic (exact) mass is 358 g/mol. The molecule has 136 valence electrons. The van der Waals surface area contributed by atoms with E-state index in [2.05, 4.69) is 39.4 Å². The molecule has 0 aliphatic heterocycles. The van der Waals surface area contributed by atoms with E-state index in [0.717, 1.165) is 24.3 Å². The van der Waals surface area contributed by atoms with Crippen LogP contribution in [0.25, 0.3) is 16.6 Å². The van der Waals surface area contributed by atoms with Crippen molar-refractivity contribution in [3.05, 3.63) is 84.3 Å². The van der Waals surface area contributed by atoms with Crippen LogP contribution >= 0.6 is 0 Å². The lowest BCUT2D eigenvalue weighted by molar-refractivity contribution is 0.0952. The van der Waals surface area contributed by atoms with Gasteiger partial charge in [0.1, 0.15) is 0 Å². The van der Waals surface area contributed by atoms with E-state index in [-0.39, 0.29) is 5.91 Å². The summed E-state index contributed by atoms with van der Waals surface area (Å²) in [6.45, 7) is 3.41. The second-order valence-electron chi connectivity index (χ2n) is 6.57. The number of nitrogens with one attached hydrogen (secondary N) is 1. The number of aryl methyl sites for hydroxylation is 1. The highest BCUT2D eigenvalue weighted by Crippen LogP contribution is 2.16. The van der Waals surface area contributed by atoms with Crippen LogP contribution in [-0.2, 0) is 6.54 Å². The van der Waals surface area contributed by atoms with Crippen LogP contribution in [0.15, 0.2) is 73.1 Å². The van der Waals surface area contributed by atoms with Gasteiger partial charge in [0.25, 0.3) is 5.91 Å². The van der Waals surface area contributed by atoms with Crippen molar-refractivity contribution in [1.82, 2.24) is 19.7 Å². The van der Waals surface area contributed by atoms with Crippen molar-refractivity contribution in [1.29, 1.82) is 0 Å². The van der Waals surface area contributed by atoms with E-state index < -0.39 is 0 Å². The lowest BCUT2D eigenvalue weighted by atomic mass is 10.2. The van der Waals surface area contributed by atoms with Crippen LogP contribution in [0.2, 0.25) is 0 Å². The normalized spacial score (nSPS) is 11.0. The number of carbonyl (C=O) groups excluding carboxylic acids is 1. The summed E-state index contributed by atoms with van der Waals surface area (Å²) < 4.78 is 4.01. The number of nitrogens with zero attached hydrogens (tertiary/aromatic N) is 3. The highest BCUT2D eigenvalue weighted by molar-refractivity contribution is 5.95. The van der Waals surface area contributed by atoms with Crippen LogP contribution in [0.5, 0.6) is 0 Å². The number of rotatable bonds is 6. The van der Waals surface area contributed by atoms with Crippen molar-refractivity contribution >= 4 is 16.8 Å². The number of aromatic nitrogens is 3. The van der Waals surface area contributed by atoms with E-state index in [0.29, 0.717) is 12.1 Å². The average Bonchev–Trinajstić information content (AvgIpc) is 3.29. The first kappa shape index (κ1) is 17.1. The van der Waals surface area contributed by atoms with E-state index in [4.69, 9.17) is 0 Å². The van der Waals surface area contributed by atoms with Crippen LogP contribution in [-0.4, -0.2) is 26.8 Å². The molecule has 5 nitrogen and oxygen atoms in total.